The van der Waals surface area contributed by atoms with E-state index in [1.54, 1.807) is 0 Å². The van der Waals surface area contributed by atoms with Gasteiger partial charge >= 0.3 is 0 Å². The molecule has 1 saturated heterocycles. The van der Waals surface area contributed by atoms with E-state index in [1.807, 2.05) is 0 Å². The Balaban J connectivity index is 1.75. The van der Waals surface area contributed by atoms with Crippen molar-refractivity contribution in [2.45, 2.75) is 17.8 Å². The molecule has 0 radical (unpaired) electrons. The number of β-amino-alcohol motifs (C(OH)–C–C–N with tert-alkyl or cyclic N) is 1. The predicted octanol–water partition coefficient (Wildman–Crippen LogP) is 0.367. The second-order valence-electron chi connectivity index (χ2n) is 5.35. The highest BCUT2D eigenvalue weighted by atomic mass is 32.2. The Morgan fingerprint density at radius 1 is 1.36 bits per heavy atom. The lowest BCUT2D eigenvalue weighted by molar-refractivity contribution is 0.0484. The average Bonchev–Trinajstić information content (AvgIpc) is 3.11. The van der Waals surface area contributed by atoms with Gasteiger partial charge in [0.2, 0.25) is 10.0 Å². The first-order valence-corrected chi connectivity index (χ1v) is 8.31. The fourth-order valence-electron chi connectivity index (χ4n) is 2.51. The van der Waals surface area contributed by atoms with Crippen molar-refractivity contribution in [2.75, 3.05) is 13.1 Å². The van der Waals surface area contributed by atoms with Crippen molar-refractivity contribution in [2.24, 2.45) is 0 Å². The zero-order chi connectivity index (χ0) is 15.8. The summed E-state index contributed by atoms with van der Waals surface area (Å²) in [6.07, 6.45) is 1.64. The van der Waals surface area contributed by atoms with E-state index in [9.17, 15) is 17.9 Å². The van der Waals surface area contributed by atoms with Gasteiger partial charge in [-0.15, -0.1) is 0 Å². The molecule has 1 aromatic heterocycles. The normalized spacial score (nSPS) is 23.0. The molecule has 0 amide bonds. The van der Waals surface area contributed by atoms with Crippen molar-refractivity contribution in [3.05, 3.63) is 47.5 Å². The molecule has 2 aromatic rings. The number of sulfonamides is 1. The van der Waals surface area contributed by atoms with Gasteiger partial charge in [-0.2, -0.15) is 19.7 Å². The largest absolute Gasteiger partial charge is 0.382 e. The minimum absolute atomic E-state index is 0.0664. The monoisotopic (exact) mass is 326 g/mol. The number of H-pyrrole nitrogens is 1. The molecule has 3 rings (SSSR count). The van der Waals surface area contributed by atoms with Crippen LogP contribution in [0.1, 0.15) is 17.7 Å². The zero-order valence-corrected chi connectivity index (χ0v) is 12.4. The van der Waals surface area contributed by atoms with Crippen LogP contribution in [0.3, 0.4) is 0 Å². The molecule has 1 aliphatic heterocycles. The van der Waals surface area contributed by atoms with Crippen LogP contribution in [0, 0.1) is 5.82 Å². The lowest BCUT2D eigenvalue weighted by atomic mass is 10.0. The van der Waals surface area contributed by atoms with E-state index < -0.39 is 21.4 Å². The van der Waals surface area contributed by atoms with E-state index in [0.29, 0.717) is 11.3 Å². The van der Waals surface area contributed by atoms with Crippen LogP contribution in [0.4, 0.5) is 4.39 Å². The molecule has 0 aliphatic carbocycles. The van der Waals surface area contributed by atoms with E-state index in [0.717, 1.165) is 0 Å². The van der Waals surface area contributed by atoms with Crippen LogP contribution < -0.4 is 0 Å². The van der Waals surface area contributed by atoms with Gasteiger partial charge in [-0.1, -0.05) is 12.1 Å². The quantitative estimate of drug-likeness (QED) is 0.845. The van der Waals surface area contributed by atoms with E-state index in [2.05, 4.69) is 15.4 Å². The maximum absolute atomic E-state index is 12.9. The van der Waals surface area contributed by atoms with Crippen LogP contribution in [0.25, 0.3) is 0 Å². The predicted molar refractivity (Wildman–Crippen MR) is 75.5 cm³/mol. The van der Waals surface area contributed by atoms with Crippen LogP contribution >= 0.6 is 0 Å². The Kier molecular flexibility index (Phi) is 3.71. The maximum Gasteiger partial charge on any atom is 0.218 e. The number of nitrogens with one attached hydrogen (secondary N) is 1. The van der Waals surface area contributed by atoms with E-state index in [-0.39, 0.29) is 25.3 Å². The summed E-state index contributed by atoms with van der Waals surface area (Å²) in [5.74, 6) is -0.648. The molecule has 1 aliphatic rings. The molecule has 1 unspecified atom stereocenters. The van der Waals surface area contributed by atoms with E-state index in [4.69, 9.17) is 0 Å². The van der Waals surface area contributed by atoms with Gasteiger partial charge in [0, 0.05) is 13.1 Å². The van der Waals surface area contributed by atoms with Crippen LogP contribution in [-0.4, -0.2) is 46.3 Å². The van der Waals surface area contributed by atoms with Crippen LogP contribution in [0.15, 0.2) is 30.5 Å². The molecular formula is C13H15FN4O3S. The first-order valence-electron chi connectivity index (χ1n) is 6.70. The highest BCUT2D eigenvalue weighted by molar-refractivity contribution is 7.88. The molecule has 22 heavy (non-hydrogen) atoms. The highest BCUT2D eigenvalue weighted by Gasteiger charge is 2.43. The second kappa shape index (κ2) is 5.41. The second-order valence-corrected chi connectivity index (χ2v) is 7.32. The zero-order valence-electron chi connectivity index (χ0n) is 11.6. The molecule has 0 saturated carbocycles. The number of rotatable bonds is 4. The van der Waals surface area contributed by atoms with Crippen molar-refractivity contribution >= 4 is 10.0 Å². The highest BCUT2D eigenvalue weighted by Crippen LogP contribution is 2.32. The molecule has 7 nitrogen and oxygen atoms in total. The van der Waals surface area contributed by atoms with Gasteiger partial charge in [-0.25, -0.2) is 12.8 Å². The molecule has 0 spiro atoms. The average molecular weight is 326 g/mol. The summed E-state index contributed by atoms with van der Waals surface area (Å²) < 4.78 is 38.9. The Morgan fingerprint density at radius 3 is 2.73 bits per heavy atom. The Hall–Kier alpha value is -1.84. The molecule has 2 N–H and O–H groups in total. The summed E-state index contributed by atoms with van der Waals surface area (Å²) in [7, 11) is -3.60. The molecular weight excluding hydrogens is 311 g/mol. The topological polar surface area (TPSA) is 99.2 Å². The van der Waals surface area contributed by atoms with Crippen molar-refractivity contribution in [3.63, 3.8) is 0 Å². The summed E-state index contributed by atoms with van der Waals surface area (Å²) in [4.78, 5) is 0. The Morgan fingerprint density at radius 2 is 2.09 bits per heavy atom. The van der Waals surface area contributed by atoms with E-state index >= 15 is 0 Å². The molecule has 9 heteroatoms. The third kappa shape index (κ3) is 2.87. The van der Waals surface area contributed by atoms with Gasteiger partial charge in [0.1, 0.15) is 17.1 Å². The SMILES string of the molecule is O=S(=O)(Cc1ccc(F)cc1)N1CCC(O)(c2cn[nH]n2)C1. The van der Waals surface area contributed by atoms with Crippen LogP contribution in [-0.2, 0) is 21.4 Å². The smallest absolute Gasteiger partial charge is 0.218 e. The number of aromatic nitrogens is 3. The lowest BCUT2D eigenvalue weighted by Gasteiger charge is -2.21. The number of aliphatic hydroxyl groups is 1. The number of halogens is 1. The Bertz CT molecular complexity index is 748. The molecule has 0 bridgehead atoms. The summed E-state index contributed by atoms with van der Waals surface area (Å²) in [6, 6.07) is 5.32. The summed E-state index contributed by atoms with van der Waals surface area (Å²) in [5.41, 5.74) is -0.506. The summed E-state index contributed by atoms with van der Waals surface area (Å²) >= 11 is 0. The summed E-state index contributed by atoms with van der Waals surface area (Å²) in [6.45, 7) is 0.135. The van der Waals surface area contributed by atoms with Crippen molar-refractivity contribution in [3.8, 4) is 0 Å². The van der Waals surface area contributed by atoms with Crippen LogP contribution in [0.5, 0.6) is 0 Å². The fourth-order valence-corrected chi connectivity index (χ4v) is 4.09. The minimum atomic E-state index is -3.60. The third-order valence-corrected chi connectivity index (χ3v) is 5.56. The number of hydrogen-bond donors (Lipinski definition) is 2. The van der Waals surface area contributed by atoms with Gasteiger partial charge in [-0.3, -0.25) is 0 Å². The van der Waals surface area contributed by atoms with Crippen LogP contribution in [0.2, 0.25) is 0 Å². The van der Waals surface area contributed by atoms with Gasteiger partial charge in [-0.05, 0) is 24.1 Å². The van der Waals surface area contributed by atoms with Gasteiger partial charge in [0.15, 0.2) is 0 Å². The number of aromatic amines is 1. The molecule has 118 valence electrons. The standard InChI is InChI=1S/C13H15FN4O3S/c14-11-3-1-10(2-4-11)8-22(20,21)18-6-5-13(19,9-18)12-7-15-17-16-12/h1-4,7,19H,5-6,8-9H2,(H,15,16,17). The Labute approximate surface area is 126 Å². The van der Waals surface area contributed by atoms with Gasteiger partial charge < -0.3 is 5.11 Å². The van der Waals surface area contributed by atoms with E-state index in [1.165, 1.54) is 34.8 Å². The van der Waals surface area contributed by atoms with Gasteiger partial charge in [0.25, 0.3) is 0 Å². The van der Waals surface area contributed by atoms with Crippen molar-refractivity contribution in [1.29, 1.82) is 0 Å². The third-order valence-electron chi connectivity index (χ3n) is 3.76. The van der Waals surface area contributed by atoms with Crippen molar-refractivity contribution < 1.29 is 17.9 Å². The number of benzene rings is 1. The first kappa shape index (κ1) is 15.1. The first-order chi connectivity index (χ1) is 10.4. The molecule has 1 aromatic carbocycles. The van der Waals surface area contributed by atoms with Crippen molar-refractivity contribution in [1.82, 2.24) is 19.7 Å². The summed E-state index contributed by atoms with van der Waals surface area (Å²) in [5, 5.41) is 20.4. The fraction of sp³-hybridized carbons (Fsp3) is 0.385. The number of hydrogen-bond acceptors (Lipinski definition) is 5. The number of nitrogens with zero attached hydrogens (tertiary/aromatic N) is 3. The lowest BCUT2D eigenvalue weighted by Crippen LogP contribution is -2.35. The maximum atomic E-state index is 12.9. The molecule has 1 atom stereocenters. The van der Waals surface area contributed by atoms with Gasteiger partial charge in [0.05, 0.1) is 11.9 Å². The molecule has 2 heterocycles. The molecule has 1 fully saturated rings. The minimum Gasteiger partial charge on any atom is -0.382 e.